The second-order valence-electron chi connectivity index (χ2n) is 6.28. The molecule has 98 valence electrons. The monoisotopic (exact) mass is 273 g/mol. The molecule has 0 aliphatic heterocycles. The Labute approximate surface area is 114 Å². The molecule has 3 heteroatoms. The Kier molecular flexibility index (Phi) is 5.49. The molecule has 2 unspecified atom stereocenters. The Hall–Kier alpha value is -0.0500. The minimum Gasteiger partial charge on any atom is -0.327 e. The standard InChI is InChI=1S/C14H24ClNS/c1-10(9-14(2,3)4)7-11(16)8-12-5-6-13(15)17-12/h5-6,10-11H,7-9,16H2,1-4H3. The Morgan fingerprint density at radius 2 is 2.00 bits per heavy atom. The van der Waals surface area contributed by atoms with E-state index in [9.17, 15) is 0 Å². The molecule has 2 atom stereocenters. The fourth-order valence-corrected chi connectivity index (χ4v) is 3.63. The van der Waals surface area contributed by atoms with Gasteiger partial charge >= 0.3 is 0 Å². The number of thiophene rings is 1. The highest BCUT2D eigenvalue weighted by molar-refractivity contribution is 7.16. The lowest BCUT2D eigenvalue weighted by Crippen LogP contribution is -2.26. The van der Waals surface area contributed by atoms with Gasteiger partial charge in [-0.05, 0) is 42.7 Å². The van der Waals surface area contributed by atoms with Gasteiger partial charge < -0.3 is 5.73 Å². The molecule has 2 N–H and O–H groups in total. The molecule has 0 fully saturated rings. The molecule has 1 aromatic rings. The van der Waals surface area contributed by atoms with Crippen molar-refractivity contribution in [3.05, 3.63) is 21.3 Å². The predicted molar refractivity (Wildman–Crippen MR) is 78.9 cm³/mol. The van der Waals surface area contributed by atoms with Gasteiger partial charge in [0.2, 0.25) is 0 Å². The number of nitrogens with two attached hydrogens (primary N) is 1. The number of hydrogen-bond donors (Lipinski definition) is 1. The third-order valence-electron chi connectivity index (χ3n) is 2.76. The maximum absolute atomic E-state index is 6.20. The lowest BCUT2D eigenvalue weighted by atomic mass is 9.82. The first-order chi connectivity index (χ1) is 7.76. The summed E-state index contributed by atoms with van der Waals surface area (Å²) in [6, 6.07) is 4.29. The van der Waals surface area contributed by atoms with E-state index in [1.807, 2.05) is 6.07 Å². The highest BCUT2D eigenvalue weighted by Crippen LogP contribution is 2.28. The van der Waals surface area contributed by atoms with Crippen LogP contribution in [0.3, 0.4) is 0 Å². The van der Waals surface area contributed by atoms with Crippen molar-refractivity contribution in [1.29, 1.82) is 0 Å². The Balaban J connectivity index is 2.36. The van der Waals surface area contributed by atoms with Gasteiger partial charge in [0.25, 0.3) is 0 Å². The molecule has 1 rings (SSSR count). The quantitative estimate of drug-likeness (QED) is 0.824. The summed E-state index contributed by atoms with van der Waals surface area (Å²) in [4.78, 5) is 1.30. The van der Waals surface area contributed by atoms with Crippen molar-refractivity contribution in [2.45, 2.75) is 53.0 Å². The van der Waals surface area contributed by atoms with Crippen LogP contribution >= 0.6 is 22.9 Å². The van der Waals surface area contributed by atoms with Crippen LogP contribution in [0.25, 0.3) is 0 Å². The van der Waals surface area contributed by atoms with E-state index in [0.29, 0.717) is 11.3 Å². The van der Waals surface area contributed by atoms with Crippen molar-refractivity contribution < 1.29 is 0 Å². The Bertz CT molecular complexity index is 340. The summed E-state index contributed by atoms with van der Waals surface area (Å²) in [5.74, 6) is 0.681. The third kappa shape index (κ3) is 6.44. The van der Waals surface area contributed by atoms with Crippen LogP contribution in [0.2, 0.25) is 4.34 Å². The van der Waals surface area contributed by atoms with Crippen molar-refractivity contribution in [1.82, 2.24) is 0 Å². The molecule has 0 saturated carbocycles. The normalized spacial score (nSPS) is 15.9. The van der Waals surface area contributed by atoms with Gasteiger partial charge in [0.15, 0.2) is 0 Å². The van der Waals surface area contributed by atoms with Crippen molar-refractivity contribution >= 4 is 22.9 Å². The maximum Gasteiger partial charge on any atom is 0.0931 e. The van der Waals surface area contributed by atoms with E-state index in [1.54, 1.807) is 11.3 Å². The predicted octanol–water partition coefficient (Wildman–Crippen LogP) is 4.73. The molecule has 0 saturated heterocycles. The van der Waals surface area contributed by atoms with Gasteiger partial charge in [0.1, 0.15) is 0 Å². The van der Waals surface area contributed by atoms with Gasteiger partial charge in [0.05, 0.1) is 4.34 Å². The molecule has 0 aliphatic carbocycles. The smallest absolute Gasteiger partial charge is 0.0931 e. The summed E-state index contributed by atoms with van der Waals surface area (Å²) >= 11 is 7.56. The van der Waals surface area contributed by atoms with Crippen LogP contribution in [0.15, 0.2) is 12.1 Å². The molecule has 1 heterocycles. The average molecular weight is 274 g/mol. The number of hydrogen-bond acceptors (Lipinski definition) is 2. The summed E-state index contributed by atoms with van der Waals surface area (Å²) in [7, 11) is 0. The highest BCUT2D eigenvalue weighted by Gasteiger charge is 2.17. The summed E-state index contributed by atoms with van der Waals surface area (Å²) in [6.45, 7) is 9.16. The SMILES string of the molecule is CC(CC(N)Cc1ccc(Cl)s1)CC(C)(C)C. The van der Waals surface area contributed by atoms with E-state index in [0.717, 1.165) is 17.2 Å². The molecule has 0 radical (unpaired) electrons. The Morgan fingerprint density at radius 3 is 2.47 bits per heavy atom. The first-order valence-electron chi connectivity index (χ1n) is 6.26. The second-order valence-corrected chi connectivity index (χ2v) is 8.08. The van der Waals surface area contributed by atoms with Gasteiger partial charge in [0, 0.05) is 10.9 Å². The molecule has 1 aromatic heterocycles. The molecular weight excluding hydrogens is 250 g/mol. The van der Waals surface area contributed by atoms with Crippen LogP contribution in [0.5, 0.6) is 0 Å². The summed E-state index contributed by atoms with van der Waals surface area (Å²) in [6.07, 6.45) is 3.27. The minimum absolute atomic E-state index is 0.252. The third-order valence-corrected chi connectivity index (χ3v) is 4.01. The highest BCUT2D eigenvalue weighted by atomic mass is 35.5. The minimum atomic E-state index is 0.252. The molecule has 0 amide bonds. The summed E-state index contributed by atoms with van der Waals surface area (Å²) in [5, 5.41) is 0. The molecule has 0 bridgehead atoms. The van der Waals surface area contributed by atoms with E-state index in [4.69, 9.17) is 17.3 Å². The molecule has 17 heavy (non-hydrogen) atoms. The zero-order valence-electron chi connectivity index (χ0n) is 11.3. The van der Waals surface area contributed by atoms with Gasteiger partial charge in [-0.25, -0.2) is 0 Å². The number of rotatable bonds is 5. The van der Waals surface area contributed by atoms with E-state index >= 15 is 0 Å². The first-order valence-corrected chi connectivity index (χ1v) is 7.45. The molecule has 0 spiro atoms. The molecule has 0 aliphatic rings. The number of halogens is 1. The van der Waals surface area contributed by atoms with Gasteiger partial charge in [-0.15, -0.1) is 11.3 Å². The van der Waals surface area contributed by atoms with Crippen LogP contribution in [-0.2, 0) is 6.42 Å². The van der Waals surface area contributed by atoms with Crippen molar-refractivity contribution in [3.8, 4) is 0 Å². The molecule has 1 nitrogen and oxygen atoms in total. The van der Waals surface area contributed by atoms with E-state index in [-0.39, 0.29) is 6.04 Å². The zero-order chi connectivity index (χ0) is 13.1. The maximum atomic E-state index is 6.20. The van der Waals surface area contributed by atoms with E-state index in [1.165, 1.54) is 11.3 Å². The lowest BCUT2D eigenvalue weighted by Gasteiger charge is -2.25. The van der Waals surface area contributed by atoms with Gasteiger partial charge in [-0.1, -0.05) is 39.3 Å². The largest absolute Gasteiger partial charge is 0.327 e. The van der Waals surface area contributed by atoms with Crippen LogP contribution in [0.1, 0.15) is 45.4 Å². The fraction of sp³-hybridized carbons (Fsp3) is 0.714. The second kappa shape index (κ2) is 6.21. The Morgan fingerprint density at radius 1 is 1.35 bits per heavy atom. The van der Waals surface area contributed by atoms with Crippen molar-refractivity contribution in [2.24, 2.45) is 17.1 Å². The average Bonchev–Trinajstić information content (AvgIpc) is 2.46. The molecular formula is C14H24ClNS. The van der Waals surface area contributed by atoms with Crippen LogP contribution < -0.4 is 5.73 Å². The van der Waals surface area contributed by atoms with Crippen LogP contribution in [0, 0.1) is 11.3 Å². The van der Waals surface area contributed by atoms with Crippen LogP contribution in [0.4, 0.5) is 0 Å². The van der Waals surface area contributed by atoms with Crippen molar-refractivity contribution in [3.63, 3.8) is 0 Å². The first kappa shape index (κ1) is 15.0. The van der Waals surface area contributed by atoms with Gasteiger partial charge in [-0.2, -0.15) is 0 Å². The van der Waals surface area contributed by atoms with E-state index in [2.05, 4.69) is 33.8 Å². The summed E-state index contributed by atoms with van der Waals surface area (Å²) < 4.78 is 0.856. The van der Waals surface area contributed by atoms with E-state index < -0.39 is 0 Å². The fourth-order valence-electron chi connectivity index (χ4n) is 2.45. The topological polar surface area (TPSA) is 26.0 Å². The molecule has 0 aromatic carbocycles. The van der Waals surface area contributed by atoms with Crippen molar-refractivity contribution in [2.75, 3.05) is 0 Å². The van der Waals surface area contributed by atoms with Crippen LogP contribution in [-0.4, -0.2) is 6.04 Å². The lowest BCUT2D eigenvalue weighted by molar-refractivity contribution is 0.285. The summed E-state index contributed by atoms with van der Waals surface area (Å²) in [5.41, 5.74) is 6.59. The zero-order valence-corrected chi connectivity index (χ0v) is 12.9. The van der Waals surface area contributed by atoms with Gasteiger partial charge in [-0.3, -0.25) is 0 Å².